The van der Waals surface area contributed by atoms with Crippen molar-refractivity contribution in [2.45, 2.75) is 95.2 Å². The van der Waals surface area contributed by atoms with Crippen molar-refractivity contribution in [2.24, 2.45) is 5.92 Å². The first-order valence-corrected chi connectivity index (χ1v) is 11.6. The lowest BCUT2D eigenvalue weighted by Crippen LogP contribution is -2.29. The molecule has 0 radical (unpaired) electrons. The van der Waals surface area contributed by atoms with Gasteiger partial charge in [0.15, 0.2) is 0 Å². The Morgan fingerprint density at radius 1 is 1.00 bits per heavy atom. The highest BCUT2D eigenvalue weighted by Gasteiger charge is 2.28. The highest BCUT2D eigenvalue weighted by atomic mass is 27.2. The minimum Gasteiger partial charge on any atom is -0.498 e. The minimum absolute atomic E-state index is 0.432. The zero-order valence-corrected chi connectivity index (χ0v) is 15.9. The van der Waals surface area contributed by atoms with Gasteiger partial charge in [-0.1, -0.05) is 75.8 Å². The smallest absolute Gasteiger partial charge is 0.460 e. The maximum Gasteiger partial charge on any atom is 0.460 e. The molecular weight excluding hydrogens is 275 g/mol. The van der Waals surface area contributed by atoms with Gasteiger partial charge in [0.2, 0.25) is 0 Å². The highest BCUT2D eigenvalue weighted by Crippen LogP contribution is 2.23. The van der Waals surface area contributed by atoms with Crippen molar-refractivity contribution in [3.05, 3.63) is 0 Å². The summed E-state index contributed by atoms with van der Waals surface area (Å²) in [5.41, 5.74) is 0. The Balaban J connectivity index is 2.26. The van der Waals surface area contributed by atoms with Gasteiger partial charge in [-0.2, -0.15) is 0 Å². The first-order valence-electron chi connectivity index (χ1n) is 9.51. The second-order valence-corrected chi connectivity index (χ2v) is 9.46. The Morgan fingerprint density at radius 3 is 2.10 bits per heavy atom. The van der Waals surface area contributed by atoms with E-state index < -0.39 is 14.5 Å². The van der Waals surface area contributed by atoms with E-state index in [2.05, 4.69) is 20.8 Å². The van der Waals surface area contributed by atoms with Crippen molar-refractivity contribution in [1.29, 1.82) is 0 Å². The number of hydrogen-bond acceptors (Lipinski definition) is 2. The first-order chi connectivity index (χ1) is 10.3. The highest BCUT2D eigenvalue weighted by molar-refractivity contribution is 6.51. The second kappa shape index (κ2) is 12.9. The van der Waals surface area contributed by atoms with Crippen LogP contribution in [0.3, 0.4) is 0 Å². The maximum atomic E-state index is 6.55. The summed E-state index contributed by atoms with van der Waals surface area (Å²) in [6.07, 6.45) is 12.7. The Morgan fingerprint density at radius 2 is 1.62 bits per heavy atom. The van der Waals surface area contributed by atoms with E-state index in [1.807, 2.05) is 0 Å². The molecule has 0 bridgehead atoms. The maximum absolute atomic E-state index is 6.55. The minimum atomic E-state index is -0.989. The van der Waals surface area contributed by atoms with Crippen LogP contribution >= 0.6 is 0 Å². The lowest BCUT2D eigenvalue weighted by atomic mass is 10.0. The second-order valence-electron chi connectivity index (χ2n) is 6.79. The molecule has 0 saturated carbocycles. The predicted octanol–water partition coefficient (Wildman–Crippen LogP) is 5.58. The lowest BCUT2D eigenvalue weighted by Gasteiger charge is -2.24. The molecule has 1 fully saturated rings. The van der Waals surface area contributed by atoms with Gasteiger partial charge < -0.3 is 8.53 Å². The summed E-state index contributed by atoms with van der Waals surface area (Å²) < 4.78 is 12.1. The third-order valence-electron chi connectivity index (χ3n) is 4.80. The van der Waals surface area contributed by atoms with Gasteiger partial charge in [0.05, 0.1) is 6.61 Å². The SMILES string of the molecule is CCCCC[CH2][Al]([CH2]CCCCC)[O]C(C)C1CCOC1. The van der Waals surface area contributed by atoms with Crippen LogP contribution in [0.4, 0.5) is 0 Å². The van der Waals surface area contributed by atoms with Crippen LogP contribution < -0.4 is 0 Å². The zero-order chi connectivity index (χ0) is 15.3. The molecule has 0 aromatic rings. The van der Waals surface area contributed by atoms with Crippen LogP contribution in [0.1, 0.15) is 78.6 Å². The van der Waals surface area contributed by atoms with E-state index >= 15 is 0 Å². The Labute approximate surface area is 137 Å². The van der Waals surface area contributed by atoms with E-state index in [1.54, 1.807) is 0 Å². The van der Waals surface area contributed by atoms with Crippen molar-refractivity contribution < 1.29 is 8.53 Å². The van der Waals surface area contributed by atoms with Crippen LogP contribution in [0.25, 0.3) is 0 Å². The van der Waals surface area contributed by atoms with Crippen LogP contribution in [0.5, 0.6) is 0 Å². The molecule has 0 aromatic carbocycles. The average molecular weight is 312 g/mol. The van der Waals surface area contributed by atoms with Crippen LogP contribution in [0.15, 0.2) is 0 Å². The van der Waals surface area contributed by atoms with E-state index in [0.717, 1.165) is 13.2 Å². The van der Waals surface area contributed by atoms with Crippen molar-refractivity contribution in [3.8, 4) is 0 Å². The molecule has 1 rings (SSSR count). The lowest BCUT2D eigenvalue weighted by molar-refractivity contribution is 0.121. The fourth-order valence-corrected chi connectivity index (χ4v) is 6.09. The quantitative estimate of drug-likeness (QED) is 0.326. The molecule has 3 heteroatoms. The van der Waals surface area contributed by atoms with E-state index in [4.69, 9.17) is 8.53 Å². The summed E-state index contributed by atoms with van der Waals surface area (Å²) in [5, 5.41) is 2.79. The molecule has 0 spiro atoms. The molecule has 2 nitrogen and oxygen atoms in total. The van der Waals surface area contributed by atoms with Crippen molar-refractivity contribution in [2.75, 3.05) is 13.2 Å². The topological polar surface area (TPSA) is 18.5 Å². The Kier molecular flexibility index (Phi) is 12.0. The van der Waals surface area contributed by atoms with Gasteiger partial charge in [0.25, 0.3) is 0 Å². The zero-order valence-electron chi connectivity index (χ0n) is 14.7. The van der Waals surface area contributed by atoms with Gasteiger partial charge in [-0.25, -0.2) is 0 Å². The van der Waals surface area contributed by atoms with E-state index in [-0.39, 0.29) is 0 Å². The largest absolute Gasteiger partial charge is 0.498 e. The molecule has 0 amide bonds. The van der Waals surface area contributed by atoms with Crippen LogP contribution in [-0.2, 0) is 8.53 Å². The molecule has 1 aliphatic heterocycles. The van der Waals surface area contributed by atoms with Gasteiger partial charge in [0, 0.05) is 18.6 Å². The van der Waals surface area contributed by atoms with Gasteiger partial charge in [-0.3, -0.25) is 0 Å². The Hall–Kier alpha value is 0.452. The molecular formula is C18H37AlO2. The fraction of sp³-hybridized carbons (Fsp3) is 1.00. The first kappa shape index (κ1) is 19.5. The predicted molar refractivity (Wildman–Crippen MR) is 93.1 cm³/mol. The van der Waals surface area contributed by atoms with E-state index in [1.165, 1.54) is 68.4 Å². The number of ether oxygens (including phenoxy) is 1. The summed E-state index contributed by atoms with van der Waals surface area (Å²) in [6.45, 7) is 8.74. The molecule has 1 aliphatic rings. The summed E-state index contributed by atoms with van der Waals surface area (Å²) in [6, 6.07) is 0. The molecule has 124 valence electrons. The molecule has 0 aromatic heterocycles. The molecule has 1 heterocycles. The van der Waals surface area contributed by atoms with Gasteiger partial charge in [0.1, 0.15) is 0 Å². The van der Waals surface area contributed by atoms with Gasteiger partial charge in [-0.05, 0) is 13.3 Å². The van der Waals surface area contributed by atoms with Crippen LogP contribution in [-0.4, -0.2) is 33.8 Å². The number of rotatable bonds is 13. The molecule has 2 atom stereocenters. The molecule has 0 N–H and O–H groups in total. The summed E-state index contributed by atoms with van der Waals surface area (Å²) in [7, 11) is 0. The standard InChI is InChI=1S/C6H11O2.2C6H13.Al/c1-5(7)6-2-3-8-4-6;2*1-3-5-6-4-2;/h5-6H,2-4H2,1H3;2*1,3-6H2,2H3;/q-1;;;+1. The monoisotopic (exact) mass is 312 g/mol. The van der Waals surface area contributed by atoms with Crippen molar-refractivity contribution >= 4 is 14.5 Å². The summed E-state index contributed by atoms with van der Waals surface area (Å²) in [4.78, 5) is 0. The summed E-state index contributed by atoms with van der Waals surface area (Å²) in [5.74, 6) is 0.659. The van der Waals surface area contributed by atoms with E-state index in [0.29, 0.717) is 12.0 Å². The van der Waals surface area contributed by atoms with Gasteiger partial charge in [-0.15, -0.1) is 0 Å². The molecule has 0 aliphatic carbocycles. The normalized spacial score (nSPS) is 19.9. The Bertz CT molecular complexity index is 217. The fourth-order valence-electron chi connectivity index (χ4n) is 3.22. The number of unbranched alkanes of at least 4 members (excludes halogenated alkanes) is 6. The molecule has 21 heavy (non-hydrogen) atoms. The van der Waals surface area contributed by atoms with Crippen molar-refractivity contribution in [3.63, 3.8) is 0 Å². The third kappa shape index (κ3) is 9.24. The van der Waals surface area contributed by atoms with E-state index in [9.17, 15) is 0 Å². The average Bonchev–Trinajstić information content (AvgIpc) is 3.02. The summed E-state index contributed by atoms with van der Waals surface area (Å²) >= 11 is -0.989. The van der Waals surface area contributed by atoms with Crippen LogP contribution in [0.2, 0.25) is 10.6 Å². The number of hydrogen-bond donors (Lipinski definition) is 0. The molecule has 2 unspecified atom stereocenters. The van der Waals surface area contributed by atoms with Gasteiger partial charge >= 0.3 is 14.5 Å². The third-order valence-corrected chi connectivity index (χ3v) is 7.71. The van der Waals surface area contributed by atoms with Crippen LogP contribution in [0, 0.1) is 5.92 Å². The molecule has 1 saturated heterocycles. The van der Waals surface area contributed by atoms with Crippen molar-refractivity contribution in [1.82, 2.24) is 0 Å².